The number of amides is 1. The average molecular weight is 429 g/mol. The maximum atomic E-state index is 12.7. The summed E-state index contributed by atoms with van der Waals surface area (Å²) in [5.41, 5.74) is 3.03. The first-order chi connectivity index (χ1) is 13.9. The number of primary sulfonamides is 1. The second-order valence-electron chi connectivity index (χ2n) is 6.87. The molecular weight excluding hydrogens is 404 g/mol. The van der Waals surface area contributed by atoms with Gasteiger partial charge < -0.3 is 5.32 Å². The van der Waals surface area contributed by atoms with E-state index in [4.69, 9.17) is 5.14 Å². The van der Waals surface area contributed by atoms with Gasteiger partial charge in [0.2, 0.25) is 15.9 Å². The van der Waals surface area contributed by atoms with Crippen LogP contribution in [0.5, 0.6) is 0 Å². The van der Waals surface area contributed by atoms with E-state index in [2.05, 4.69) is 36.5 Å². The molecule has 3 rings (SSSR count). The van der Waals surface area contributed by atoms with Crippen molar-refractivity contribution in [1.82, 2.24) is 5.32 Å². The molecule has 0 aliphatic heterocycles. The van der Waals surface area contributed by atoms with Crippen molar-refractivity contribution in [2.75, 3.05) is 0 Å². The first-order valence-corrected chi connectivity index (χ1v) is 11.8. The molecule has 1 unspecified atom stereocenters. The zero-order chi connectivity index (χ0) is 20.9. The Balaban J connectivity index is 1.75. The molecule has 29 heavy (non-hydrogen) atoms. The topological polar surface area (TPSA) is 89.3 Å². The molecular formula is C22H24N2O3S2. The smallest absolute Gasteiger partial charge is 0.238 e. The minimum atomic E-state index is -3.74. The highest BCUT2D eigenvalue weighted by molar-refractivity contribution is 7.89. The minimum Gasteiger partial charge on any atom is -0.344 e. The van der Waals surface area contributed by atoms with Gasteiger partial charge in [-0.1, -0.05) is 55.8 Å². The molecule has 3 N–H and O–H groups in total. The molecule has 152 valence electrons. The quantitative estimate of drug-likeness (QED) is 0.572. The highest BCUT2D eigenvalue weighted by atomic mass is 32.2. The van der Waals surface area contributed by atoms with Gasteiger partial charge in [0.15, 0.2) is 0 Å². The van der Waals surface area contributed by atoms with Crippen molar-refractivity contribution in [3.8, 4) is 0 Å². The molecule has 0 fully saturated rings. The largest absolute Gasteiger partial charge is 0.344 e. The van der Waals surface area contributed by atoms with Gasteiger partial charge >= 0.3 is 0 Å². The van der Waals surface area contributed by atoms with E-state index in [1.807, 2.05) is 17.5 Å². The van der Waals surface area contributed by atoms with Crippen molar-refractivity contribution in [3.05, 3.63) is 87.6 Å². The first-order valence-electron chi connectivity index (χ1n) is 9.40. The van der Waals surface area contributed by atoms with Gasteiger partial charge in [0, 0.05) is 4.88 Å². The van der Waals surface area contributed by atoms with Crippen LogP contribution in [0.25, 0.3) is 0 Å². The average Bonchev–Trinajstić information content (AvgIpc) is 3.21. The number of carbonyl (C=O) groups is 1. The summed E-state index contributed by atoms with van der Waals surface area (Å²) >= 11 is 1.60. The number of sulfonamides is 1. The number of benzene rings is 2. The van der Waals surface area contributed by atoms with Crippen LogP contribution in [-0.4, -0.2) is 14.3 Å². The maximum Gasteiger partial charge on any atom is 0.238 e. The van der Waals surface area contributed by atoms with E-state index in [1.54, 1.807) is 23.5 Å². The highest BCUT2D eigenvalue weighted by Gasteiger charge is 2.18. The van der Waals surface area contributed by atoms with Crippen LogP contribution < -0.4 is 10.5 Å². The number of aryl methyl sites for hydroxylation is 1. The molecule has 0 bridgehead atoms. The zero-order valence-corrected chi connectivity index (χ0v) is 17.8. The van der Waals surface area contributed by atoms with Crippen molar-refractivity contribution in [1.29, 1.82) is 0 Å². The lowest BCUT2D eigenvalue weighted by Gasteiger charge is -2.19. The third-order valence-electron chi connectivity index (χ3n) is 4.60. The highest BCUT2D eigenvalue weighted by Crippen LogP contribution is 2.26. The number of nitrogens with two attached hydrogens (primary N) is 1. The molecule has 1 heterocycles. The van der Waals surface area contributed by atoms with Crippen LogP contribution in [-0.2, 0) is 27.7 Å². The molecule has 0 radical (unpaired) electrons. The molecule has 1 aromatic heterocycles. The Kier molecular flexibility index (Phi) is 6.84. The number of carbonyl (C=O) groups excluding carboxylic acids is 1. The van der Waals surface area contributed by atoms with E-state index in [-0.39, 0.29) is 23.3 Å². The van der Waals surface area contributed by atoms with Crippen LogP contribution in [0.4, 0.5) is 0 Å². The summed E-state index contributed by atoms with van der Waals surface area (Å²) in [6.45, 7) is 2.15. The second kappa shape index (κ2) is 9.35. The molecule has 0 saturated heterocycles. The van der Waals surface area contributed by atoms with E-state index in [0.717, 1.165) is 28.8 Å². The Labute approximate surface area is 175 Å². The molecule has 0 saturated carbocycles. The summed E-state index contributed by atoms with van der Waals surface area (Å²) < 4.78 is 22.7. The molecule has 0 spiro atoms. The molecule has 3 aromatic rings. The number of hydrogen-bond donors (Lipinski definition) is 2. The van der Waals surface area contributed by atoms with Crippen molar-refractivity contribution in [3.63, 3.8) is 0 Å². The lowest BCUT2D eigenvalue weighted by atomic mass is 10.0. The van der Waals surface area contributed by atoms with Gasteiger partial charge in [-0.25, -0.2) is 13.6 Å². The Morgan fingerprint density at radius 3 is 2.24 bits per heavy atom. The third kappa shape index (κ3) is 5.76. The summed E-state index contributed by atoms with van der Waals surface area (Å²) in [7, 11) is -3.74. The fourth-order valence-corrected chi connectivity index (χ4v) is 4.45. The first kappa shape index (κ1) is 21.2. The van der Waals surface area contributed by atoms with E-state index >= 15 is 0 Å². The van der Waals surface area contributed by atoms with Gasteiger partial charge in [-0.2, -0.15) is 0 Å². The van der Waals surface area contributed by atoms with Gasteiger partial charge in [0.05, 0.1) is 17.4 Å². The molecule has 5 nitrogen and oxygen atoms in total. The number of thiophene rings is 1. The standard InChI is InChI=1S/C22H24N2O3S2/c1-2-4-16-6-10-18(11-7-16)22(20-5-3-14-28-20)24-21(25)15-17-8-12-19(13-9-17)29(23,26)27/h3,5-14,22H,2,4,15H2,1H3,(H,24,25)(H2,23,26,27). The van der Waals surface area contributed by atoms with E-state index < -0.39 is 10.0 Å². The lowest BCUT2D eigenvalue weighted by Crippen LogP contribution is -2.30. The number of nitrogens with one attached hydrogen (secondary N) is 1. The summed E-state index contributed by atoms with van der Waals surface area (Å²) in [5, 5.41) is 10.2. The van der Waals surface area contributed by atoms with Crippen LogP contribution in [0.1, 0.15) is 41.0 Å². The SMILES string of the molecule is CCCc1ccc(C(NC(=O)Cc2ccc(S(N)(=O)=O)cc2)c2cccs2)cc1. The molecule has 0 aliphatic rings. The van der Waals surface area contributed by atoms with Crippen molar-refractivity contribution in [2.45, 2.75) is 37.1 Å². The predicted octanol–water partition coefficient (Wildman–Crippen LogP) is 3.80. The number of hydrogen-bond acceptors (Lipinski definition) is 4. The summed E-state index contributed by atoms with van der Waals surface area (Å²) in [5.74, 6) is -0.135. The summed E-state index contributed by atoms with van der Waals surface area (Å²) in [6.07, 6.45) is 2.28. The minimum absolute atomic E-state index is 0.0327. The van der Waals surface area contributed by atoms with Crippen molar-refractivity contribution >= 4 is 27.3 Å². The van der Waals surface area contributed by atoms with Gasteiger partial charge in [-0.3, -0.25) is 4.79 Å². The zero-order valence-electron chi connectivity index (χ0n) is 16.2. The van der Waals surface area contributed by atoms with Crippen LogP contribution in [0.3, 0.4) is 0 Å². The van der Waals surface area contributed by atoms with E-state index in [1.165, 1.54) is 17.7 Å². The number of rotatable bonds is 8. The third-order valence-corrected chi connectivity index (χ3v) is 6.47. The fraction of sp³-hybridized carbons (Fsp3) is 0.227. The molecule has 0 aliphatic carbocycles. The maximum absolute atomic E-state index is 12.7. The van der Waals surface area contributed by atoms with Crippen LogP contribution >= 0.6 is 11.3 Å². The molecule has 7 heteroatoms. The van der Waals surface area contributed by atoms with Gasteiger partial charge in [-0.15, -0.1) is 11.3 Å². The summed E-state index contributed by atoms with van der Waals surface area (Å²) in [4.78, 5) is 13.8. The monoisotopic (exact) mass is 428 g/mol. The molecule has 2 aromatic carbocycles. The Bertz CT molecular complexity index is 1040. The molecule has 1 amide bonds. The second-order valence-corrected chi connectivity index (χ2v) is 9.41. The normalized spacial score (nSPS) is 12.5. The van der Waals surface area contributed by atoms with E-state index in [0.29, 0.717) is 0 Å². The Morgan fingerprint density at radius 1 is 1.03 bits per heavy atom. The Morgan fingerprint density at radius 2 is 1.69 bits per heavy atom. The van der Waals surface area contributed by atoms with Crippen LogP contribution in [0.15, 0.2) is 70.9 Å². The molecule has 1 atom stereocenters. The van der Waals surface area contributed by atoms with Crippen molar-refractivity contribution in [2.24, 2.45) is 5.14 Å². The predicted molar refractivity (Wildman–Crippen MR) is 116 cm³/mol. The van der Waals surface area contributed by atoms with Crippen LogP contribution in [0, 0.1) is 0 Å². The van der Waals surface area contributed by atoms with Crippen molar-refractivity contribution < 1.29 is 13.2 Å². The lowest BCUT2D eigenvalue weighted by molar-refractivity contribution is -0.120. The van der Waals surface area contributed by atoms with Gasteiger partial charge in [0.1, 0.15) is 0 Å². The van der Waals surface area contributed by atoms with Gasteiger partial charge in [0.25, 0.3) is 0 Å². The summed E-state index contributed by atoms with van der Waals surface area (Å²) in [6, 6.07) is 18.2. The van der Waals surface area contributed by atoms with Gasteiger partial charge in [-0.05, 0) is 46.7 Å². The Hall–Kier alpha value is -2.48. The van der Waals surface area contributed by atoms with E-state index in [9.17, 15) is 13.2 Å². The fourth-order valence-electron chi connectivity index (χ4n) is 3.13. The van der Waals surface area contributed by atoms with Crippen LogP contribution in [0.2, 0.25) is 0 Å².